The molecule has 1 saturated carbocycles. The molecule has 16 heavy (non-hydrogen) atoms. The van der Waals surface area contributed by atoms with Gasteiger partial charge in [-0.2, -0.15) is 0 Å². The van der Waals surface area contributed by atoms with Gasteiger partial charge in [0.2, 0.25) is 0 Å². The molecule has 0 saturated heterocycles. The van der Waals surface area contributed by atoms with Crippen LogP contribution in [0, 0.1) is 11.3 Å². The average molecular weight is 228 g/mol. The Morgan fingerprint density at radius 2 is 2.19 bits per heavy atom. The van der Waals surface area contributed by atoms with Crippen molar-refractivity contribution in [3.05, 3.63) is 0 Å². The molecule has 96 valence electrons. The molecule has 0 aromatic rings. The van der Waals surface area contributed by atoms with Crippen LogP contribution in [0.25, 0.3) is 0 Å². The van der Waals surface area contributed by atoms with E-state index in [4.69, 9.17) is 10.5 Å². The molecular formula is C13H28N2O. The Morgan fingerprint density at radius 3 is 2.62 bits per heavy atom. The van der Waals surface area contributed by atoms with Gasteiger partial charge >= 0.3 is 0 Å². The van der Waals surface area contributed by atoms with Gasteiger partial charge in [-0.25, -0.2) is 0 Å². The molecule has 3 heteroatoms. The minimum atomic E-state index is 0.264. The van der Waals surface area contributed by atoms with Crippen molar-refractivity contribution >= 4 is 0 Å². The fraction of sp³-hybridized carbons (Fsp3) is 1.00. The van der Waals surface area contributed by atoms with Crippen LogP contribution in [-0.4, -0.2) is 32.3 Å². The third-order valence-corrected chi connectivity index (χ3v) is 4.15. The highest BCUT2D eigenvalue weighted by molar-refractivity contribution is 5.02. The van der Waals surface area contributed by atoms with Crippen LogP contribution in [0.1, 0.15) is 40.0 Å². The molecule has 0 aromatic heterocycles. The van der Waals surface area contributed by atoms with Gasteiger partial charge in [0.15, 0.2) is 0 Å². The van der Waals surface area contributed by atoms with Gasteiger partial charge in [0.1, 0.15) is 0 Å². The summed E-state index contributed by atoms with van der Waals surface area (Å²) >= 11 is 0. The summed E-state index contributed by atoms with van der Waals surface area (Å²) in [5.74, 6) is 0.627. The Labute approximate surface area is 100 Å². The zero-order chi connectivity index (χ0) is 12.2. The lowest BCUT2D eigenvalue weighted by atomic mass is 9.64. The van der Waals surface area contributed by atoms with Crippen molar-refractivity contribution in [1.82, 2.24) is 5.32 Å². The van der Waals surface area contributed by atoms with E-state index >= 15 is 0 Å². The van der Waals surface area contributed by atoms with Crippen LogP contribution in [-0.2, 0) is 4.74 Å². The smallest absolute Gasteiger partial charge is 0.0652 e. The Hall–Kier alpha value is -0.120. The van der Waals surface area contributed by atoms with Crippen LogP contribution in [0.15, 0.2) is 0 Å². The zero-order valence-corrected chi connectivity index (χ0v) is 11.3. The first kappa shape index (κ1) is 13.9. The van der Waals surface area contributed by atoms with E-state index in [1.807, 2.05) is 7.11 Å². The number of hydrogen-bond acceptors (Lipinski definition) is 3. The minimum absolute atomic E-state index is 0.264. The predicted molar refractivity (Wildman–Crippen MR) is 68.4 cm³/mol. The van der Waals surface area contributed by atoms with Gasteiger partial charge in [0.05, 0.1) is 6.10 Å². The second kappa shape index (κ2) is 5.99. The summed E-state index contributed by atoms with van der Waals surface area (Å²) < 4.78 is 5.45. The normalized spacial score (nSPS) is 29.8. The van der Waals surface area contributed by atoms with Crippen molar-refractivity contribution in [1.29, 1.82) is 0 Å². The van der Waals surface area contributed by atoms with Crippen LogP contribution < -0.4 is 11.1 Å². The summed E-state index contributed by atoms with van der Waals surface area (Å²) in [5, 5.41) is 3.65. The lowest BCUT2D eigenvalue weighted by Gasteiger charge is -2.51. The Kier molecular flexibility index (Phi) is 5.22. The van der Waals surface area contributed by atoms with Crippen molar-refractivity contribution in [2.24, 2.45) is 17.1 Å². The lowest BCUT2D eigenvalue weighted by molar-refractivity contribution is -0.0980. The van der Waals surface area contributed by atoms with Gasteiger partial charge in [-0.15, -0.1) is 0 Å². The molecule has 3 unspecified atom stereocenters. The van der Waals surface area contributed by atoms with Crippen molar-refractivity contribution in [3.8, 4) is 0 Å². The van der Waals surface area contributed by atoms with Gasteiger partial charge in [-0.3, -0.25) is 0 Å². The van der Waals surface area contributed by atoms with Crippen molar-refractivity contribution < 1.29 is 4.74 Å². The molecule has 0 bridgehead atoms. The van der Waals surface area contributed by atoms with Gasteiger partial charge in [0.25, 0.3) is 0 Å². The highest BCUT2D eigenvalue weighted by Gasteiger charge is 2.48. The van der Waals surface area contributed by atoms with Crippen LogP contribution in [0.2, 0.25) is 0 Å². The molecule has 0 amide bonds. The van der Waals surface area contributed by atoms with Crippen LogP contribution in [0.3, 0.4) is 0 Å². The van der Waals surface area contributed by atoms with E-state index in [2.05, 4.69) is 26.1 Å². The number of ether oxygens (including phenoxy) is 1. The second-order valence-electron chi connectivity index (χ2n) is 5.63. The molecule has 3 atom stereocenters. The Balaban J connectivity index is 2.29. The molecule has 1 aliphatic rings. The largest absolute Gasteiger partial charge is 0.381 e. The fourth-order valence-corrected chi connectivity index (χ4v) is 2.65. The molecule has 0 radical (unpaired) electrons. The first-order valence-corrected chi connectivity index (χ1v) is 6.52. The number of nitrogens with one attached hydrogen (secondary N) is 1. The van der Waals surface area contributed by atoms with E-state index in [-0.39, 0.29) is 5.41 Å². The van der Waals surface area contributed by atoms with Crippen LogP contribution in [0.4, 0.5) is 0 Å². The van der Waals surface area contributed by atoms with Crippen LogP contribution in [0.5, 0.6) is 0 Å². The summed E-state index contributed by atoms with van der Waals surface area (Å²) in [6.45, 7) is 8.62. The Bertz CT molecular complexity index is 206. The average Bonchev–Trinajstić information content (AvgIpc) is 2.26. The quantitative estimate of drug-likeness (QED) is 0.698. The summed E-state index contributed by atoms with van der Waals surface area (Å²) in [7, 11) is 1.81. The van der Waals surface area contributed by atoms with Gasteiger partial charge < -0.3 is 15.8 Å². The SMILES string of the molecule is CCCC(CN)CNC1CC(OC)C1(C)C. The van der Waals surface area contributed by atoms with E-state index in [1.165, 1.54) is 12.8 Å². The lowest BCUT2D eigenvalue weighted by Crippen LogP contribution is -2.61. The molecule has 1 aliphatic carbocycles. The molecule has 1 fully saturated rings. The Morgan fingerprint density at radius 1 is 1.50 bits per heavy atom. The van der Waals surface area contributed by atoms with E-state index in [0.717, 1.165) is 19.5 Å². The summed E-state index contributed by atoms with van der Waals surface area (Å²) in [5.41, 5.74) is 6.02. The molecule has 0 aliphatic heterocycles. The molecule has 3 nitrogen and oxygen atoms in total. The van der Waals surface area contributed by atoms with E-state index in [9.17, 15) is 0 Å². The minimum Gasteiger partial charge on any atom is -0.381 e. The van der Waals surface area contributed by atoms with Gasteiger partial charge in [-0.05, 0) is 31.8 Å². The highest BCUT2D eigenvalue weighted by Crippen LogP contribution is 2.42. The van der Waals surface area contributed by atoms with E-state index < -0.39 is 0 Å². The van der Waals surface area contributed by atoms with Gasteiger partial charge in [-0.1, -0.05) is 27.2 Å². The van der Waals surface area contributed by atoms with Crippen LogP contribution >= 0.6 is 0 Å². The molecule has 3 N–H and O–H groups in total. The first-order valence-electron chi connectivity index (χ1n) is 6.52. The number of rotatable bonds is 7. The van der Waals surface area contributed by atoms with Crippen molar-refractivity contribution in [2.75, 3.05) is 20.2 Å². The molecular weight excluding hydrogens is 200 g/mol. The number of hydrogen-bond donors (Lipinski definition) is 2. The van der Waals surface area contributed by atoms with E-state index in [0.29, 0.717) is 18.1 Å². The maximum atomic E-state index is 5.76. The zero-order valence-electron chi connectivity index (χ0n) is 11.3. The summed E-state index contributed by atoms with van der Waals surface area (Å²) in [4.78, 5) is 0. The fourth-order valence-electron chi connectivity index (χ4n) is 2.65. The third-order valence-electron chi connectivity index (χ3n) is 4.15. The predicted octanol–water partition coefficient (Wildman–Crippen LogP) is 1.76. The molecule has 1 rings (SSSR count). The maximum absolute atomic E-state index is 5.76. The molecule has 0 heterocycles. The second-order valence-corrected chi connectivity index (χ2v) is 5.63. The molecule has 0 spiro atoms. The first-order chi connectivity index (χ1) is 7.56. The van der Waals surface area contributed by atoms with Gasteiger partial charge in [0, 0.05) is 18.6 Å². The topological polar surface area (TPSA) is 47.3 Å². The third kappa shape index (κ3) is 2.96. The standard InChI is InChI=1S/C13H28N2O/c1-5-6-10(8-14)9-15-11-7-12(16-4)13(11,2)3/h10-12,15H,5-9,14H2,1-4H3. The van der Waals surface area contributed by atoms with Crippen molar-refractivity contribution in [3.63, 3.8) is 0 Å². The highest BCUT2D eigenvalue weighted by atomic mass is 16.5. The number of nitrogens with two attached hydrogens (primary N) is 1. The van der Waals surface area contributed by atoms with Crippen molar-refractivity contribution in [2.45, 2.75) is 52.2 Å². The summed E-state index contributed by atoms with van der Waals surface area (Å²) in [6.07, 6.45) is 3.99. The monoisotopic (exact) mass is 228 g/mol. The summed E-state index contributed by atoms with van der Waals surface area (Å²) in [6, 6.07) is 0.586. The molecule has 0 aromatic carbocycles. The maximum Gasteiger partial charge on any atom is 0.0652 e. The van der Waals surface area contributed by atoms with E-state index in [1.54, 1.807) is 0 Å². The number of methoxy groups -OCH3 is 1.